The van der Waals surface area contributed by atoms with Crippen molar-refractivity contribution in [1.82, 2.24) is 10.1 Å². The molecule has 0 atom stereocenters. The van der Waals surface area contributed by atoms with Crippen molar-refractivity contribution in [2.75, 3.05) is 0 Å². The van der Waals surface area contributed by atoms with Gasteiger partial charge in [0.1, 0.15) is 5.82 Å². The zero-order valence-electron chi connectivity index (χ0n) is 10.7. The average Bonchev–Trinajstić information content (AvgIpc) is 2.97. The Hall–Kier alpha value is -3.02. The average molecular weight is 284 g/mol. The maximum Gasteiger partial charge on any atom is 0.335 e. The Kier molecular flexibility index (Phi) is 3.19. The number of hydrogen-bond acceptors (Lipinski definition) is 4. The van der Waals surface area contributed by atoms with Gasteiger partial charge in [0.25, 0.3) is 5.89 Å². The van der Waals surface area contributed by atoms with E-state index in [-0.39, 0.29) is 22.8 Å². The van der Waals surface area contributed by atoms with Crippen LogP contribution in [0.1, 0.15) is 10.4 Å². The molecule has 0 aliphatic carbocycles. The highest BCUT2D eigenvalue weighted by Gasteiger charge is 2.14. The summed E-state index contributed by atoms with van der Waals surface area (Å²) >= 11 is 0. The smallest absolute Gasteiger partial charge is 0.335 e. The second-order valence-electron chi connectivity index (χ2n) is 4.29. The van der Waals surface area contributed by atoms with Crippen LogP contribution in [-0.2, 0) is 0 Å². The number of hydrogen-bond donors (Lipinski definition) is 1. The lowest BCUT2D eigenvalue weighted by Gasteiger charge is -1.97. The van der Waals surface area contributed by atoms with Crippen LogP contribution < -0.4 is 0 Å². The van der Waals surface area contributed by atoms with Gasteiger partial charge < -0.3 is 9.63 Å². The molecule has 0 amide bonds. The molecular weight excluding hydrogens is 275 g/mol. The molecule has 1 N–H and O–H groups in total. The Morgan fingerprint density at radius 2 is 1.95 bits per heavy atom. The van der Waals surface area contributed by atoms with Crippen LogP contribution in [0.4, 0.5) is 4.39 Å². The molecule has 104 valence electrons. The van der Waals surface area contributed by atoms with Crippen molar-refractivity contribution in [3.8, 4) is 22.8 Å². The number of rotatable bonds is 3. The highest BCUT2D eigenvalue weighted by Crippen LogP contribution is 2.24. The number of nitrogens with zero attached hydrogens (tertiary/aromatic N) is 2. The van der Waals surface area contributed by atoms with E-state index >= 15 is 0 Å². The number of benzene rings is 2. The Balaban J connectivity index is 2.01. The predicted molar refractivity (Wildman–Crippen MR) is 72.1 cm³/mol. The van der Waals surface area contributed by atoms with Crippen molar-refractivity contribution in [3.05, 3.63) is 59.9 Å². The molecule has 1 heterocycles. The fourth-order valence-corrected chi connectivity index (χ4v) is 1.88. The highest BCUT2D eigenvalue weighted by atomic mass is 19.1. The minimum Gasteiger partial charge on any atom is -0.478 e. The van der Waals surface area contributed by atoms with Crippen LogP contribution in [-0.4, -0.2) is 21.2 Å². The van der Waals surface area contributed by atoms with Crippen molar-refractivity contribution in [2.45, 2.75) is 0 Å². The van der Waals surface area contributed by atoms with Gasteiger partial charge in [0, 0.05) is 5.56 Å². The second-order valence-corrected chi connectivity index (χ2v) is 4.29. The first-order valence-corrected chi connectivity index (χ1v) is 6.07. The molecule has 0 radical (unpaired) electrons. The van der Waals surface area contributed by atoms with Crippen LogP contribution in [0.25, 0.3) is 22.8 Å². The summed E-state index contributed by atoms with van der Waals surface area (Å²) in [6.45, 7) is 0. The van der Waals surface area contributed by atoms with Gasteiger partial charge in [-0.05, 0) is 30.3 Å². The van der Waals surface area contributed by atoms with Gasteiger partial charge in [-0.2, -0.15) is 4.98 Å². The molecular formula is C15H9FN2O3. The predicted octanol–water partition coefficient (Wildman–Crippen LogP) is 3.24. The second kappa shape index (κ2) is 5.16. The molecule has 5 nitrogen and oxygen atoms in total. The fraction of sp³-hybridized carbons (Fsp3) is 0. The summed E-state index contributed by atoms with van der Waals surface area (Å²) in [5.74, 6) is -1.25. The molecule has 6 heteroatoms. The Morgan fingerprint density at radius 1 is 1.14 bits per heavy atom. The number of aromatic nitrogens is 2. The van der Waals surface area contributed by atoms with Gasteiger partial charge in [-0.25, -0.2) is 9.18 Å². The Labute approximate surface area is 118 Å². The van der Waals surface area contributed by atoms with E-state index in [0.29, 0.717) is 5.56 Å². The number of carbonyl (C=O) groups is 1. The van der Waals surface area contributed by atoms with E-state index in [4.69, 9.17) is 9.63 Å². The van der Waals surface area contributed by atoms with Crippen molar-refractivity contribution in [2.24, 2.45) is 0 Å². The summed E-state index contributed by atoms with van der Waals surface area (Å²) in [5.41, 5.74) is 0.796. The standard InChI is InChI=1S/C15H9FN2O3/c16-12-7-2-1-6-11(12)13-17-14(21-18-13)9-4-3-5-10(8-9)15(19)20/h1-8H,(H,19,20). The lowest BCUT2D eigenvalue weighted by Crippen LogP contribution is -1.95. The number of halogens is 1. The molecule has 0 saturated heterocycles. The number of aromatic carboxylic acids is 1. The molecule has 0 fully saturated rings. The molecule has 0 aliphatic rings. The molecule has 2 aromatic carbocycles. The SMILES string of the molecule is O=C(O)c1cccc(-c2nc(-c3ccccc3F)no2)c1. The van der Waals surface area contributed by atoms with Gasteiger partial charge in [0.2, 0.25) is 5.82 Å². The molecule has 0 bridgehead atoms. The van der Waals surface area contributed by atoms with Crippen LogP contribution in [0, 0.1) is 5.82 Å². The molecule has 3 rings (SSSR count). The number of carboxylic acids is 1. The van der Waals surface area contributed by atoms with E-state index in [2.05, 4.69) is 10.1 Å². The van der Waals surface area contributed by atoms with Gasteiger partial charge in [-0.15, -0.1) is 0 Å². The van der Waals surface area contributed by atoms with E-state index in [1.807, 2.05) is 0 Å². The van der Waals surface area contributed by atoms with E-state index in [9.17, 15) is 9.18 Å². The first kappa shape index (κ1) is 13.0. The van der Waals surface area contributed by atoms with Crippen molar-refractivity contribution in [3.63, 3.8) is 0 Å². The van der Waals surface area contributed by atoms with Crippen LogP contribution in [0.3, 0.4) is 0 Å². The Morgan fingerprint density at radius 3 is 2.71 bits per heavy atom. The fourth-order valence-electron chi connectivity index (χ4n) is 1.88. The first-order chi connectivity index (χ1) is 10.1. The molecule has 0 spiro atoms. The summed E-state index contributed by atoms with van der Waals surface area (Å²) < 4.78 is 18.7. The molecule has 0 saturated carbocycles. The van der Waals surface area contributed by atoms with Crippen molar-refractivity contribution in [1.29, 1.82) is 0 Å². The van der Waals surface area contributed by atoms with Gasteiger partial charge in [-0.1, -0.05) is 23.4 Å². The third-order valence-corrected chi connectivity index (χ3v) is 2.90. The Bertz CT molecular complexity index is 814. The van der Waals surface area contributed by atoms with E-state index in [0.717, 1.165) is 0 Å². The molecule has 21 heavy (non-hydrogen) atoms. The van der Waals surface area contributed by atoms with Crippen LogP contribution in [0.15, 0.2) is 53.1 Å². The molecule has 1 aromatic heterocycles. The normalized spacial score (nSPS) is 10.5. The zero-order chi connectivity index (χ0) is 14.8. The lowest BCUT2D eigenvalue weighted by molar-refractivity contribution is 0.0697. The maximum absolute atomic E-state index is 13.7. The zero-order valence-corrected chi connectivity index (χ0v) is 10.7. The van der Waals surface area contributed by atoms with Gasteiger partial charge in [0.05, 0.1) is 11.1 Å². The quantitative estimate of drug-likeness (QED) is 0.799. The van der Waals surface area contributed by atoms with E-state index in [1.54, 1.807) is 24.3 Å². The molecule has 0 unspecified atom stereocenters. The summed E-state index contributed by atoms with van der Waals surface area (Å²) in [6, 6.07) is 12.2. The van der Waals surface area contributed by atoms with Crippen molar-refractivity contribution < 1.29 is 18.8 Å². The van der Waals surface area contributed by atoms with E-state index in [1.165, 1.54) is 24.3 Å². The van der Waals surface area contributed by atoms with Gasteiger partial charge in [-0.3, -0.25) is 0 Å². The van der Waals surface area contributed by atoms with Gasteiger partial charge in [0.15, 0.2) is 0 Å². The summed E-state index contributed by atoms with van der Waals surface area (Å²) in [4.78, 5) is 15.0. The van der Waals surface area contributed by atoms with Gasteiger partial charge >= 0.3 is 5.97 Å². The largest absolute Gasteiger partial charge is 0.478 e. The monoisotopic (exact) mass is 284 g/mol. The minimum atomic E-state index is -1.05. The summed E-state index contributed by atoms with van der Waals surface area (Å²) in [5, 5.41) is 12.7. The first-order valence-electron chi connectivity index (χ1n) is 6.07. The number of carboxylic acid groups (broad SMARTS) is 1. The van der Waals surface area contributed by atoms with E-state index < -0.39 is 11.8 Å². The highest BCUT2D eigenvalue weighted by molar-refractivity contribution is 5.89. The third kappa shape index (κ3) is 2.51. The summed E-state index contributed by atoms with van der Waals surface area (Å²) in [7, 11) is 0. The van der Waals surface area contributed by atoms with Crippen LogP contribution >= 0.6 is 0 Å². The van der Waals surface area contributed by atoms with Crippen molar-refractivity contribution >= 4 is 5.97 Å². The molecule has 0 aliphatic heterocycles. The van der Waals surface area contributed by atoms with Crippen LogP contribution in [0.2, 0.25) is 0 Å². The topological polar surface area (TPSA) is 76.2 Å². The van der Waals surface area contributed by atoms with Crippen LogP contribution in [0.5, 0.6) is 0 Å². The third-order valence-electron chi connectivity index (χ3n) is 2.90. The lowest BCUT2D eigenvalue weighted by atomic mass is 10.1. The maximum atomic E-state index is 13.7. The summed E-state index contributed by atoms with van der Waals surface area (Å²) in [6.07, 6.45) is 0. The molecule has 3 aromatic rings. The minimum absolute atomic E-state index is 0.109.